The Hall–Kier alpha value is -2.44. The third-order valence-electron chi connectivity index (χ3n) is 3.58. The fraction of sp³-hybridized carbons (Fsp3) is 0.235. The van der Waals surface area contributed by atoms with Gasteiger partial charge in [-0.2, -0.15) is 0 Å². The number of nitrogens with zero attached hydrogens (tertiary/aromatic N) is 1. The molecule has 1 atom stereocenters. The average Bonchev–Trinajstić information content (AvgIpc) is 3.12. The lowest BCUT2D eigenvalue weighted by atomic mass is 10.1. The maximum Gasteiger partial charge on any atom is 0.256 e. The number of nitrogens with one attached hydrogen (secondary N) is 2. The third kappa shape index (κ3) is 4.10. The number of aromatic nitrogens is 1. The van der Waals surface area contributed by atoms with E-state index in [0.29, 0.717) is 35.1 Å². The predicted molar refractivity (Wildman–Crippen MR) is 91.2 cm³/mol. The standard InChI is InChI=1S/C17H16ClN3O3/c18-12-6-7-15(19-10-12)21-16(22)11-3-1-4-13(9-11)20-17(23)14-5-2-8-24-14/h1,3-4,6-7,9-10,14H,2,5,8H2,(H,20,23)(H,19,21,22)/t14-/m1/s1. The molecule has 0 saturated carbocycles. The highest BCUT2D eigenvalue weighted by Gasteiger charge is 2.23. The number of ether oxygens (including phenoxy) is 1. The van der Waals surface area contributed by atoms with E-state index in [1.165, 1.54) is 6.20 Å². The summed E-state index contributed by atoms with van der Waals surface area (Å²) in [6.07, 6.45) is 2.64. The first-order chi connectivity index (χ1) is 11.6. The molecule has 1 aromatic heterocycles. The summed E-state index contributed by atoms with van der Waals surface area (Å²) in [5.41, 5.74) is 0.962. The summed E-state index contributed by atoms with van der Waals surface area (Å²) in [4.78, 5) is 28.3. The Kier molecular flexibility index (Phi) is 5.08. The first-order valence-electron chi connectivity index (χ1n) is 7.57. The molecule has 3 rings (SSSR count). The summed E-state index contributed by atoms with van der Waals surface area (Å²) < 4.78 is 5.34. The van der Waals surface area contributed by atoms with E-state index >= 15 is 0 Å². The van der Waals surface area contributed by atoms with Gasteiger partial charge in [-0.25, -0.2) is 4.98 Å². The number of anilines is 2. The second-order valence-electron chi connectivity index (χ2n) is 5.39. The maximum absolute atomic E-state index is 12.3. The van der Waals surface area contributed by atoms with Crippen LogP contribution in [-0.4, -0.2) is 29.5 Å². The Balaban J connectivity index is 1.66. The minimum absolute atomic E-state index is 0.190. The van der Waals surface area contributed by atoms with Gasteiger partial charge >= 0.3 is 0 Å². The smallest absolute Gasteiger partial charge is 0.256 e. The molecule has 6 nitrogen and oxygen atoms in total. The lowest BCUT2D eigenvalue weighted by molar-refractivity contribution is -0.124. The number of hydrogen-bond acceptors (Lipinski definition) is 4. The van der Waals surface area contributed by atoms with Crippen LogP contribution in [0.3, 0.4) is 0 Å². The second-order valence-corrected chi connectivity index (χ2v) is 5.82. The van der Waals surface area contributed by atoms with E-state index in [2.05, 4.69) is 15.6 Å². The van der Waals surface area contributed by atoms with Crippen LogP contribution in [-0.2, 0) is 9.53 Å². The van der Waals surface area contributed by atoms with Crippen LogP contribution in [0.5, 0.6) is 0 Å². The lowest BCUT2D eigenvalue weighted by Gasteiger charge is -2.11. The van der Waals surface area contributed by atoms with Crippen molar-refractivity contribution in [2.45, 2.75) is 18.9 Å². The summed E-state index contributed by atoms with van der Waals surface area (Å²) in [6, 6.07) is 9.95. The molecule has 1 aliphatic heterocycles. The van der Waals surface area contributed by atoms with E-state index in [9.17, 15) is 9.59 Å². The normalized spacial score (nSPS) is 16.6. The van der Waals surface area contributed by atoms with Gasteiger partial charge in [0.25, 0.3) is 11.8 Å². The second kappa shape index (κ2) is 7.42. The van der Waals surface area contributed by atoms with Crippen molar-refractivity contribution in [3.8, 4) is 0 Å². The number of halogens is 1. The van der Waals surface area contributed by atoms with Crippen LogP contribution in [0.15, 0.2) is 42.6 Å². The van der Waals surface area contributed by atoms with E-state index < -0.39 is 6.10 Å². The minimum Gasteiger partial charge on any atom is -0.368 e. The van der Waals surface area contributed by atoms with Gasteiger partial charge in [-0.15, -0.1) is 0 Å². The fourth-order valence-electron chi connectivity index (χ4n) is 2.38. The van der Waals surface area contributed by atoms with E-state index in [-0.39, 0.29) is 11.8 Å². The first-order valence-corrected chi connectivity index (χ1v) is 7.95. The van der Waals surface area contributed by atoms with Crippen molar-refractivity contribution in [1.29, 1.82) is 0 Å². The Morgan fingerprint density at radius 1 is 1.21 bits per heavy atom. The zero-order valence-electron chi connectivity index (χ0n) is 12.8. The molecule has 2 amide bonds. The molecule has 1 aliphatic rings. The molecule has 0 spiro atoms. The predicted octanol–water partition coefficient (Wildman–Crippen LogP) is 3.10. The van der Waals surface area contributed by atoms with Crippen molar-refractivity contribution in [1.82, 2.24) is 4.98 Å². The molecule has 2 heterocycles. The minimum atomic E-state index is -0.416. The average molecular weight is 346 g/mol. The van der Waals surface area contributed by atoms with E-state index in [1.807, 2.05) is 0 Å². The molecular weight excluding hydrogens is 330 g/mol. The molecule has 7 heteroatoms. The van der Waals surface area contributed by atoms with Crippen molar-refractivity contribution in [3.63, 3.8) is 0 Å². The summed E-state index contributed by atoms with van der Waals surface area (Å²) in [5.74, 6) is -0.111. The van der Waals surface area contributed by atoms with Crippen LogP contribution >= 0.6 is 11.6 Å². The number of pyridine rings is 1. The topological polar surface area (TPSA) is 80.3 Å². The molecule has 124 valence electrons. The summed E-state index contributed by atoms with van der Waals surface area (Å²) in [5, 5.41) is 5.94. The van der Waals surface area contributed by atoms with E-state index in [4.69, 9.17) is 16.3 Å². The van der Waals surface area contributed by atoms with Gasteiger partial charge in [-0.05, 0) is 43.2 Å². The highest BCUT2D eigenvalue weighted by molar-refractivity contribution is 6.30. The van der Waals surface area contributed by atoms with Crippen LogP contribution in [0.25, 0.3) is 0 Å². The van der Waals surface area contributed by atoms with Gasteiger partial charge in [0.05, 0.1) is 5.02 Å². The lowest BCUT2D eigenvalue weighted by Crippen LogP contribution is -2.27. The molecular formula is C17H16ClN3O3. The zero-order chi connectivity index (χ0) is 16.9. The van der Waals surface area contributed by atoms with Gasteiger partial charge in [0.2, 0.25) is 0 Å². The Morgan fingerprint density at radius 2 is 2.08 bits per heavy atom. The highest BCUT2D eigenvalue weighted by Crippen LogP contribution is 2.17. The van der Waals surface area contributed by atoms with Crippen LogP contribution in [0.1, 0.15) is 23.2 Å². The molecule has 1 fully saturated rings. The van der Waals surface area contributed by atoms with Crippen LogP contribution < -0.4 is 10.6 Å². The number of carbonyl (C=O) groups is 2. The Labute approximate surface area is 144 Å². The summed E-state index contributed by atoms with van der Waals surface area (Å²) in [6.45, 7) is 0.606. The maximum atomic E-state index is 12.3. The van der Waals surface area contributed by atoms with Crippen LogP contribution in [0.4, 0.5) is 11.5 Å². The largest absolute Gasteiger partial charge is 0.368 e. The SMILES string of the molecule is O=C(Nc1ccc(Cl)cn1)c1cccc(NC(=O)[C@H]2CCCO2)c1. The van der Waals surface area contributed by atoms with Gasteiger partial charge in [0.15, 0.2) is 0 Å². The molecule has 24 heavy (non-hydrogen) atoms. The Bertz CT molecular complexity index is 743. The summed E-state index contributed by atoms with van der Waals surface area (Å²) in [7, 11) is 0. The van der Waals surface area contributed by atoms with Crippen molar-refractivity contribution in [2.24, 2.45) is 0 Å². The van der Waals surface area contributed by atoms with Crippen molar-refractivity contribution in [3.05, 3.63) is 53.2 Å². The van der Waals surface area contributed by atoms with Crippen LogP contribution in [0.2, 0.25) is 5.02 Å². The number of benzene rings is 1. The third-order valence-corrected chi connectivity index (χ3v) is 3.81. The molecule has 1 saturated heterocycles. The monoisotopic (exact) mass is 345 g/mol. The number of hydrogen-bond donors (Lipinski definition) is 2. The summed E-state index contributed by atoms with van der Waals surface area (Å²) >= 11 is 5.76. The van der Waals surface area contributed by atoms with Gasteiger partial charge in [-0.1, -0.05) is 17.7 Å². The molecule has 0 aliphatic carbocycles. The number of carbonyl (C=O) groups excluding carboxylic acids is 2. The quantitative estimate of drug-likeness (QED) is 0.892. The van der Waals surface area contributed by atoms with Crippen molar-refractivity contribution >= 4 is 34.9 Å². The first kappa shape index (κ1) is 16.4. The molecule has 2 N–H and O–H groups in total. The molecule has 0 bridgehead atoms. The van der Waals surface area contributed by atoms with Gasteiger partial charge in [0, 0.05) is 24.1 Å². The molecule has 0 radical (unpaired) electrons. The van der Waals surface area contributed by atoms with E-state index in [0.717, 1.165) is 6.42 Å². The van der Waals surface area contributed by atoms with E-state index in [1.54, 1.807) is 36.4 Å². The van der Waals surface area contributed by atoms with Crippen molar-refractivity contribution < 1.29 is 14.3 Å². The van der Waals surface area contributed by atoms with Gasteiger partial charge in [0.1, 0.15) is 11.9 Å². The molecule has 2 aromatic rings. The van der Waals surface area contributed by atoms with Gasteiger partial charge in [-0.3, -0.25) is 9.59 Å². The number of rotatable bonds is 4. The van der Waals surface area contributed by atoms with Crippen LogP contribution in [0, 0.1) is 0 Å². The van der Waals surface area contributed by atoms with Crippen molar-refractivity contribution in [2.75, 3.05) is 17.2 Å². The Morgan fingerprint density at radius 3 is 2.79 bits per heavy atom. The van der Waals surface area contributed by atoms with Gasteiger partial charge < -0.3 is 15.4 Å². The molecule has 1 aromatic carbocycles. The molecule has 0 unspecified atom stereocenters. The highest BCUT2D eigenvalue weighted by atomic mass is 35.5. The number of amides is 2. The fourth-order valence-corrected chi connectivity index (χ4v) is 2.50. The zero-order valence-corrected chi connectivity index (χ0v) is 13.5.